The topological polar surface area (TPSA) is 78.9 Å². The van der Waals surface area contributed by atoms with Crippen LogP contribution in [0.5, 0.6) is 0 Å². The van der Waals surface area contributed by atoms with Crippen LogP contribution in [0.2, 0.25) is 0 Å². The molecule has 0 saturated heterocycles. The molecule has 1 aliphatic rings. The molecule has 0 bridgehead atoms. The molecule has 0 unspecified atom stereocenters. The maximum atomic E-state index is 12.9. The molecular formula is C25H31N3O2. The number of nitrogens with zero attached hydrogens (tertiary/aromatic N) is 2. The maximum absolute atomic E-state index is 12.9. The Kier molecular flexibility index (Phi) is 6.42. The number of aryl methyl sites for hydroxylation is 1. The lowest BCUT2D eigenvalue weighted by Gasteiger charge is -2.24. The summed E-state index contributed by atoms with van der Waals surface area (Å²) in [5, 5.41) is 10.1. The lowest BCUT2D eigenvalue weighted by molar-refractivity contribution is 0.0314. The lowest BCUT2D eigenvalue weighted by Crippen LogP contribution is -2.38. The standard InChI is InChI=1S/C25H31N3O2/c1-5-18-13-21-15-28(16-25(2,3)30)24(29)22(21)14-20(18)12-17-6-8-19(9-7-17)23(26)10-11-27-4/h6-11,13-14,30H,5,12,15-16,26H2,1-4H3. The van der Waals surface area contributed by atoms with Gasteiger partial charge in [-0.25, -0.2) is 0 Å². The van der Waals surface area contributed by atoms with E-state index >= 15 is 0 Å². The van der Waals surface area contributed by atoms with Crippen molar-refractivity contribution >= 4 is 17.8 Å². The summed E-state index contributed by atoms with van der Waals surface area (Å²) in [6.45, 7) is 6.49. The van der Waals surface area contributed by atoms with Gasteiger partial charge in [-0.2, -0.15) is 0 Å². The summed E-state index contributed by atoms with van der Waals surface area (Å²) in [5.74, 6) is 0.00174. The minimum absolute atomic E-state index is 0.00174. The highest BCUT2D eigenvalue weighted by Crippen LogP contribution is 2.29. The molecule has 0 radical (unpaired) electrons. The number of benzene rings is 2. The fraction of sp³-hybridized carbons (Fsp3) is 0.360. The minimum Gasteiger partial charge on any atom is -0.398 e. The molecule has 1 heterocycles. The van der Waals surface area contributed by atoms with Gasteiger partial charge < -0.3 is 15.7 Å². The SMILES string of the molecule is CCc1cc2c(cc1Cc1ccc(C(N)=CC=NC)cc1)C(=O)N(CC(C)(C)O)C2. The van der Waals surface area contributed by atoms with Gasteiger partial charge in [-0.1, -0.05) is 37.3 Å². The van der Waals surface area contributed by atoms with Crippen LogP contribution in [-0.4, -0.2) is 41.3 Å². The number of hydrogen-bond donors (Lipinski definition) is 2. The Morgan fingerprint density at radius 3 is 2.53 bits per heavy atom. The van der Waals surface area contributed by atoms with Crippen molar-refractivity contribution in [3.8, 4) is 0 Å². The third-order valence-electron chi connectivity index (χ3n) is 5.35. The zero-order valence-corrected chi connectivity index (χ0v) is 18.3. The number of rotatable bonds is 7. The Labute approximate surface area is 178 Å². The third-order valence-corrected chi connectivity index (χ3v) is 5.35. The van der Waals surface area contributed by atoms with Crippen LogP contribution in [0.4, 0.5) is 0 Å². The third kappa shape index (κ3) is 4.97. The normalized spacial score (nSPS) is 14.6. The first kappa shape index (κ1) is 21.8. The van der Waals surface area contributed by atoms with Crippen molar-refractivity contribution in [3.05, 3.63) is 75.9 Å². The van der Waals surface area contributed by atoms with Crippen LogP contribution < -0.4 is 5.73 Å². The van der Waals surface area contributed by atoms with E-state index in [0.29, 0.717) is 18.8 Å². The van der Waals surface area contributed by atoms with Crippen LogP contribution in [0.3, 0.4) is 0 Å². The predicted molar refractivity (Wildman–Crippen MR) is 123 cm³/mol. The van der Waals surface area contributed by atoms with Gasteiger partial charge in [-0.15, -0.1) is 0 Å². The van der Waals surface area contributed by atoms with Crippen molar-refractivity contribution in [2.75, 3.05) is 13.6 Å². The molecule has 0 atom stereocenters. The molecule has 3 N–H and O–H groups in total. The maximum Gasteiger partial charge on any atom is 0.254 e. The Hall–Kier alpha value is -2.92. The Morgan fingerprint density at radius 1 is 1.23 bits per heavy atom. The van der Waals surface area contributed by atoms with E-state index in [2.05, 4.69) is 30.1 Å². The average Bonchev–Trinajstić information content (AvgIpc) is 2.99. The van der Waals surface area contributed by atoms with Gasteiger partial charge in [0.25, 0.3) is 5.91 Å². The van der Waals surface area contributed by atoms with Crippen molar-refractivity contribution in [2.24, 2.45) is 10.7 Å². The van der Waals surface area contributed by atoms with E-state index in [1.807, 2.05) is 18.2 Å². The van der Waals surface area contributed by atoms with E-state index in [9.17, 15) is 9.90 Å². The quantitative estimate of drug-likeness (QED) is 0.691. The summed E-state index contributed by atoms with van der Waals surface area (Å²) in [5.41, 5.74) is 12.2. The van der Waals surface area contributed by atoms with Gasteiger partial charge in [0.2, 0.25) is 0 Å². The summed E-state index contributed by atoms with van der Waals surface area (Å²) >= 11 is 0. The summed E-state index contributed by atoms with van der Waals surface area (Å²) in [4.78, 5) is 18.5. The molecule has 30 heavy (non-hydrogen) atoms. The molecule has 2 aromatic rings. The van der Waals surface area contributed by atoms with Crippen LogP contribution in [0.1, 0.15) is 58.9 Å². The molecule has 5 heteroatoms. The van der Waals surface area contributed by atoms with Crippen LogP contribution in [0, 0.1) is 0 Å². The molecule has 1 amide bonds. The second-order valence-electron chi connectivity index (χ2n) is 8.51. The van der Waals surface area contributed by atoms with E-state index in [-0.39, 0.29) is 5.91 Å². The molecule has 0 spiro atoms. The second-order valence-corrected chi connectivity index (χ2v) is 8.51. The zero-order chi connectivity index (χ0) is 21.9. The van der Waals surface area contributed by atoms with Gasteiger partial charge in [-0.3, -0.25) is 9.79 Å². The zero-order valence-electron chi connectivity index (χ0n) is 18.3. The predicted octanol–water partition coefficient (Wildman–Crippen LogP) is 3.57. The van der Waals surface area contributed by atoms with Crippen LogP contribution in [-0.2, 0) is 19.4 Å². The fourth-order valence-corrected chi connectivity index (χ4v) is 3.89. The molecule has 0 aromatic heterocycles. The average molecular weight is 406 g/mol. The van der Waals surface area contributed by atoms with Crippen LogP contribution in [0.15, 0.2) is 47.5 Å². The van der Waals surface area contributed by atoms with E-state index in [1.54, 1.807) is 38.1 Å². The summed E-state index contributed by atoms with van der Waals surface area (Å²) < 4.78 is 0. The molecular weight excluding hydrogens is 374 g/mol. The van der Waals surface area contributed by atoms with Crippen molar-refractivity contribution in [1.82, 2.24) is 4.90 Å². The molecule has 0 fully saturated rings. The molecule has 158 valence electrons. The van der Waals surface area contributed by atoms with Crippen LogP contribution >= 0.6 is 0 Å². The number of hydrogen-bond acceptors (Lipinski definition) is 4. The van der Waals surface area contributed by atoms with Gasteiger partial charge in [0.15, 0.2) is 0 Å². The van der Waals surface area contributed by atoms with Gasteiger partial charge >= 0.3 is 0 Å². The summed E-state index contributed by atoms with van der Waals surface area (Å²) in [6.07, 6.45) is 5.14. The number of β-amino-alcohol motifs (C(OH)–C–C–N with tert-alkyl or cyclic N) is 1. The highest BCUT2D eigenvalue weighted by molar-refractivity contribution is 5.98. The number of aliphatic hydroxyl groups is 1. The van der Waals surface area contributed by atoms with Gasteiger partial charge in [-0.05, 0) is 66.6 Å². The van der Waals surface area contributed by atoms with E-state index in [1.165, 1.54) is 16.7 Å². The van der Waals surface area contributed by atoms with E-state index in [4.69, 9.17) is 5.73 Å². The summed E-state index contributed by atoms with van der Waals surface area (Å²) in [7, 11) is 1.71. The number of carbonyl (C=O) groups excluding carboxylic acids is 1. The minimum atomic E-state index is -0.908. The Morgan fingerprint density at radius 2 is 1.93 bits per heavy atom. The molecule has 0 aliphatic carbocycles. The number of carbonyl (C=O) groups is 1. The highest BCUT2D eigenvalue weighted by atomic mass is 16.3. The van der Waals surface area contributed by atoms with Gasteiger partial charge in [0.1, 0.15) is 0 Å². The van der Waals surface area contributed by atoms with Crippen LogP contribution in [0.25, 0.3) is 5.70 Å². The van der Waals surface area contributed by atoms with E-state index < -0.39 is 5.60 Å². The number of fused-ring (bicyclic) bond motifs is 1. The second kappa shape index (κ2) is 8.84. The molecule has 2 aromatic carbocycles. The molecule has 1 aliphatic heterocycles. The van der Waals surface area contributed by atoms with Crippen molar-refractivity contribution in [3.63, 3.8) is 0 Å². The lowest BCUT2D eigenvalue weighted by atomic mass is 9.93. The molecule has 0 saturated carbocycles. The first-order valence-electron chi connectivity index (χ1n) is 10.4. The fourth-order valence-electron chi connectivity index (χ4n) is 3.89. The van der Waals surface area contributed by atoms with Crippen molar-refractivity contribution in [2.45, 2.75) is 45.8 Å². The Bertz CT molecular complexity index is 983. The number of amides is 1. The monoisotopic (exact) mass is 405 g/mol. The van der Waals surface area contributed by atoms with Gasteiger partial charge in [0, 0.05) is 37.6 Å². The molecule has 3 rings (SSSR count). The first-order valence-corrected chi connectivity index (χ1v) is 10.4. The van der Waals surface area contributed by atoms with Crippen molar-refractivity contribution < 1.29 is 9.90 Å². The Balaban J connectivity index is 1.84. The largest absolute Gasteiger partial charge is 0.398 e. The van der Waals surface area contributed by atoms with E-state index in [0.717, 1.165) is 29.5 Å². The molecule has 5 nitrogen and oxygen atoms in total. The first-order chi connectivity index (χ1) is 14.2. The number of nitrogens with two attached hydrogens (primary N) is 1. The smallest absolute Gasteiger partial charge is 0.254 e. The highest BCUT2D eigenvalue weighted by Gasteiger charge is 2.31. The summed E-state index contributed by atoms with van der Waals surface area (Å²) in [6, 6.07) is 12.4. The van der Waals surface area contributed by atoms with Crippen molar-refractivity contribution in [1.29, 1.82) is 0 Å². The number of aliphatic imine (C=N–C) groups is 1. The number of allylic oxidation sites excluding steroid dienone is 1. The van der Waals surface area contributed by atoms with Gasteiger partial charge in [0.05, 0.1) is 5.60 Å².